The summed E-state index contributed by atoms with van der Waals surface area (Å²) in [6.45, 7) is 1.98. The van der Waals surface area contributed by atoms with Gasteiger partial charge in [-0.05, 0) is 55.6 Å². The maximum atomic E-state index is 12.2. The summed E-state index contributed by atoms with van der Waals surface area (Å²) in [5.41, 5.74) is -0.0437. The molecule has 142 valence electrons. The number of fused-ring (bicyclic) bond motifs is 1. The molecule has 0 unspecified atom stereocenters. The van der Waals surface area contributed by atoms with E-state index in [1.165, 1.54) is 0 Å². The van der Waals surface area contributed by atoms with Gasteiger partial charge in [0.1, 0.15) is 6.29 Å². The quantitative estimate of drug-likeness (QED) is 0.460. The van der Waals surface area contributed by atoms with Crippen LogP contribution in [0.3, 0.4) is 0 Å². The van der Waals surface area contributed by atoms with Crippen molar-refractivity contribution >= 4 is 6.29 Å². The molecule has 0 bridgehead atoms. The summed E-state index contributed by atoms with van der Waals surface area (Å²) >= 11 is 0. The van der Waals surface area contributed by atoms with E-state index in [-0.39, 0.29) is 37.1 Å². The maximum Gasteiger partial charge on any atom is 0.126 e. The Kier molecular flexibility index (Phi) is 6.83. The van der Waals surface area contributed by atoms with Crippen molar-refractivity contribution < 1.29 is 24.9 Å². The van der Waals surface area contributed by atoms with E-state index < -0.39 is 5.41 Å². The minimum atomic E-state index is -0.486. The van der Waals surface area contributed by atoms with Crippen molar-refractivity contribution in [2.75, 3.05) is 26.9 Å². The molecular weight excluding hydrogens is 320 g/mol. The Balaban J connectivity index is 2.32. The zero-order valence-corrected chi connectivity index (χ0v) is 15.4. The van der Waals surface area contributed by atoms with Gasteiger partial charge in [0.2, 0.25) is 0 Å². The van der Waals surface area contributed by atoms with Crippen molar-refractivity contribution in [3.8, 4) is 0 Å². The number of rotatable bonds is 8. The molecule has 1 fully saturated rings. The summed E-state index contributed by atoms with van der Waals surface area (Å²) in [6, 6.07) is 0. The van der Waals surface area contributed by atoms with Crippen LogP contribution in [0, 0.1) is 22.7 Å². The molecule has 0 spiro atoms. The van der Waals surface area contributed by atoms with Crippen LogP contribution in [0.5, 0.6) is 0 Å². The van der Waals surface area contributed by atoms with E-state index in [0.29, 0.717) is 19.3 Å². The average Bonchev–Trinajstić information content (AvgIpc) is 2.75. The highest BCUT2D eigenvalue weighted by Crippen LogP contribution is 2.63. The van der Waals surface area contributed by atoms with Gasteiger partial charge in [-0.15, -0.1) is 0 Å². The molecule has 0 radical (unpaired) electrons. The van der Waals surface area contributed by atoms with Gasteiger partial charge in [0.15, 0.2) is 0 Å². The molecule has 1 saturated carbocycles. The van der Waals surface area contributed by atoms with Gasteiger partial charge < -0.3 is 24.9 Å². The van der Waals surface area contributed by atoms with Crippen LogP contribution in [0.15, 0.2) is 23.5 Å². The predicted octanol–water partition coefficient (Wildman–Crippen LogP) is 2.21. The van der Waals surface area contributed by atoms with Crippen LogP contribution in [0.4, 0.5) is 0 Å². The number of carbonyl (C=O) groups excluding carboxylic acids is 1. The van der Waals surface area contributed by atoms with Gasteiger partial charge in [-0.1, -0.05) is 13.0 Å². The van der Waals surface area contributed by atoms with E-state index >= 15 is 0 Å². The van der Waals surface area contributed by atoms with E-state index in [9.17, 15) is 15.0 Å². The van der Waals surface area contributed by atoms with Gasteiger partial charge in [-0.2, -0.15) is 0 Å². The molecule has 0 aromatic heterocycles. The first kappa shape index (κ1) is 20.1. The number of aliphatic hydroxyl groups is 3. The van der Waals surface area contributed by atoms with Crippen molar-refractivity contribution in [3.05, 3.63) is 23.5 Å². The van der Waals surface area contributed by atoms with Crippen molar-refractivity contribution in [1.29, 1.82) is 0 Å². The normalized spacial score (nSPS) is 35.7. The van der Waals surface area contributed by atoms with Gasteiger partial charge >= 0.3 is 0 Å². The third-order valence-corrected chi connectivity index (χ3v) is 6.67. The third-order valence-electron chi connectivity index (χ3n) is 6.67. The topological polar surface area (TPSA) is 87.0 Å². The van der Waals surface area contributed by atoms with Crippen molar-refractivity contribution in [2.45, 2.75) is 45.4 Å². The number of aliphatic hydroxyl groups excluding tert-OH is 3. The summed E-state index contributed by atoms with van der Waals surface area (Å²) < 4.78 is 5.46. The number of hydrogen-bond donors (Lipinski definition) is 3. The molecule has 0 saturated heterocycles. The zero-order valence-electron chi connectivity index (χ0n) is 15.4. The van der Waals surface area contributed by atoms with Crippen LogP contribution in [-0.2, 0) is 9.53 Å². The first-order valence-corrected chi connectivity index (χ1v) is 9.21. The molecule has 2 aliphatic rings. The number of aldehydes is 1. The van der Waals surface area contributed by atoms with E-state index in [4.69, 9.17) is 9.84 Å². The van der Waals surface area contributed by atoms with E-state index in [1.807, 2.05) is 0 Å². The second-order valence-corrected chi connectivity index (χ2v) is 7.73. The summed E-state index contributed by atoms with van der Waals surface area (Å²) in [5.74, 6) is 1.17. The number of ether oxygens (including phenoxy) is 1. The second kappa shape index (κ2) is 8.47. The van der Waals surface area contributed by atoms with Crippen molar-refractivity contribution in [1.82, 2.24) is 0 Å². The first-order chi connectivity index (χ1) is 12.0. The molecule has 0 aromatic carbocycles. The Hall–Kier alpha value is -1.17. The molecule has 0 heterocycles. The molecule has 5 nitrogen and oxygen atoms in total. The number of allylic oxidation sites excluding steroid dienone is 2. The van der Waals surface area contributed by atoms with Crippen LogP contribution >= 0.6 is 0 Å². The van der Waals surface area contributed by atoms with Crippen molar-refractivity contribution in [2.24, 2.45) is 22.7 Å². The molecule has 4 atom stereocenters. The highest BCUT2D eigenvalue weighted by Gasteiger charge is 2.60. The van der Waals surface area contributed by atoms with Crippen LogP contribution in [-0.4, -0.2) is 48.5 Å². The van der Waals surface area contributed by atoms with E-state index in [2.05, 4.69) is 13.0 Å². The lowest BCUT2D eigenvalue weighted by Gasteiger charge is -2.41. The fourth-order valence-corrected chi connectivity index (χ4v) is 5.27. The van der Waals surface area contributed by atoms with Gasteiger partial charge in [-0.25, -0.2) is 0 Å². The lowest BCUT2D eigenvalue weighted by molar-refractivity contribution is -0.120. The average molecular weight is 352 g/mol. The fourth-order valence-electron chi connectivity index (χ4n) is 5.27. The monoisotopic (exact) mass is 352 g/mol. The van der Waals surface area contributed by atoms with Crippen LogP contribution in [0.1, 0.15) is 45.4 Å². The Bertz CT molecular complexity index is 526. The lowest BCUT2D eigenvalue weighted by atomic mass is 9.63. The van der Waals surface area contributed by atoms with Crippen LogP contribution < -0.4 is 0 Å². The summed E-state index contributed by atoms with van der Waals surface area (Å²) in [5, 5.41) is 28.9. The zero-order chi connectivity index (χ0) is 18.5. The molecule has 0 aromatic rings. The van der Waals surface area contributed by atoms with Crippen molar-refractivity contribution in [3.63, 3.8) is 0 Å². The highest BCUT2D eigenvalue weighted by atomic mass is 16.5. The van der Waals surface area contributed by atoms with Gasteiger partial charge in [0.25, 0.3) is 0 Å². The predicted molar refractivity (Wildman–Crippen MR) is 95.7 cm³/mol. The van der Waals surface area contributed by atoms with E-state index in [0.717, 1.165) is 36.9 Å². The Labute approximate surface area is 150 Å². The van der Waals surface area contributed by atoms with Gasteiger partial charge in [-0.3, -0.25) is 0 Å². The van der Waals surface area contributed by atoms with Gasteiger partial charge in [0, 0.05) is 23.9 Å². The molecule has 25 heavy (non-hydrogen) atoms. The Morgan fingerprint density at radius 3 is 2.72 bits per heavy atom. The SMILES string of the molecule is COC1=CCC[C@@H]2[C@](C=O)(C1)C[C@@H](C)[C@]2(CO)CC/C(=C/CO)CO. The summed E-state index contributed by atoms with van der Waals surface area (Å²) in [4.78, 5) is 12.2. The summed E-state index contributed by atoms with van der Waals surface area (Å²) in [7, 11) is 1.65. The molecule has 0 aliphatic heterocycles. The molecule has 3 N–H and O–H groups in total. The maximum absolute atomic E-state index is 12.2. The largest absolute Gasteiger partial charge is 0.501 e. The fraction of sp³-hybridized carbons (Fsp3) is 0.750. The molecule has 2 rings (SSSR count). The summed E-state index contributed by atoms with van der Waals surface area (Å²) in [6.07, 6.45) is 9.18. The number of carbonyl (C=O) groups is 1. The third kappa shape index (κ3) is 3.69. The Morgan fingerprint density at radius 2 is 2.16 bits per heavy atom. The van der Waals surface area contributed by atoms with Crippen LogP contribution in [0.25, 0.3) is 0 Å². The Morgan fingerprint density at radius 1 is 1.40 bits per heavy atom. The highest BCUT2D eigenvalue weighted by molar-refractivity contribution is 5.62. The van der Waals surface area contributed by atoms with Gasteiger partial charge in [0.05, 0.1) is 26.1 Å². The molecular formula is C20H32O5. The minimum Gasteiger partial charge on any atom is -0.501 e. The number of methoxy groups -OCH3 is 1. The molecule has 0 amide bonds. The first-order valence-electron chi connectivity index (χ1n) is 9.21. The molecule has 5 heteroatoms. The van der Waals surface area contributed by atoms with E-state index in [1.54, 1.807) is 13.2 Å². The second-order valence-electron chi connectivity index (χ2n) is 7.73. The minimum absolute atomic E-state index is 0.0363. The lowest BCUT2D eigenvalue weighted by Crippen LogP contribution is -2.40. The smallest absolute Gasteiger partial charge is 0.126 e. The van der Waals surface area contributed by atoms with Crippen LogP contribution in [0.2, 0.25) is 0 Å². The molecule has 2 aliphatic carbocycles. The number of hydrogen-bond acceptors (Lipinski definition) is 5. The standard InChI is InChI=1S/C20H32O5/c1-15-10-19(13-23)11-17(25-2)4-3-5-18(19)20(15,14-24)8-6-16(12-22)7-9-21/h4,7,13,15,18,21-22,24H,3,5-6,8-12,14H2,1-2H3/b16-7-/t15-,18-,19+,20-/m1/s1.